The van der Waals surface area contributed by atoms with E-state index >= 15 is 0 Å². The predicted molar refractivity (Wildman–Crippen MR) is 163 cm³/mol. The van der Waals surface area contributed by atoms with Gasteiger partial charge in [0.15, 0.2) is 11.5 Å². The van der Waals surface area contributed by atoms with Gasteiger partial charge in [0.2, 0.25) is 11.8 Å². The van der Waals surface area contributed by atoms with E-state index in [1.54, 1.807) is 25.2 Å². The lowest BCUT2D eigenvalue weighted by atomic mass is 9.65. The number of carbonyl (C=O) groups is 3. The molecule has 9 heteroatoms. The van der Waals surface area contributed by atoms with Crippen LogP contribution in [0.1, 0.15) is 78.2 Å². The van der Waals surface area contributed by atoms with E-state index in [1.165, 1.54) is 19.1 Å². The molecule has 0 aromatic heterocycles. The second kappa shape index (κ2) is 13.5. The van der Waals surface area contributed by atoms with Crippen LogP contribution in [0.25, 0.3) is 0 Å². The lowest BCUT2D eigenvalue weighted by Crippen LogP contribution is -2.61. The Hall–Kier alpha value is -3.33. The lowest BCUT2D eigenvalue weighted by molar-refractivity contribution is -0.180. The summed E-state index contributed by atoms with van der Waals surface area (Å²) in [6.45, 7) is 8.84. The lowest BCUT2D eigenvalue weighted by Gasteiger charge is -2.53. The van der Waals surface area contributed by atoms with Crippen molar-refractivity contribution >= 4 is 17.8 Å². The minimum absolute atomic E-state index is 0.0488. The predicted octanol–water partition coefficient (Wildman–Crippen LogP) is 5.33. The van der Waals surface area contributed by atoms with Crippen molar-refractivity contribution in [3.63, 3.8) is 0 Å². The van der Waals surface area contributed by atoms with Crippen molar-refractivity contribution in [2.24, 2.45) is 16.7 Å². The summed E-state index contributed by atoms with van der Waals surface area (Å²) in [7, 11) is 4.50. The first-order valence-electron chi connectivity index (χ1n) is 15.4. The maximum atomic E-state index is 14.2. The Morgan fingerprint density at radius 3 is 2.49 bits per heavy atom. The average Bonchev–Trinajstić information content (AvgIpc) is 2.99. The number of carbonyl (C=O) groups excluding carboxylic acids is 3. The third-order valence-corrected chi connectivity index (χ3v) is 9.10. The van der Waals surface area contributed by atoms with Gasteiger partial charge in [0, 0.05) is 31.1 Å². The van der Waals surface area contributed by atoms with Gasteiger partial charge in [-0.05, 0) is 74.6 Å². The fourth-order valence-corrected chi connectivity index (χ4v) is 6.55. The van der Waals surface area contributed by atoms with Gasteiger partial charge in [-0.25, -0.2) is 0 Å². The van der Waals surface area contributed by atoms with E-state index in [4.69, 9.17) is 18.9 Å². The molecule has 0 bridgehead atoms. The van der Waals surface area contributed by atoms with Crippen LogP contribution in [0.5, 0.6) is 11.5 Å². The van der Waals surface area contributed by atoms with Crippen LogP contribution in [0.15, 0.2) is 41.6 Å². The number of ether oxygens (including phenoxy) is 4. The molecular formula is C34H48N2O7. The summed E-state index contributed by atoms with van der Waals surface area (Å²) >= 11 is 0. The first-order valence-corrected chi connectivity index (χ1v) is 15.4. The minimum atomic E-state index is -1.19. The van der Waals surface area contributed by atoms with Crippen LogP contribution in [0.2, 0.25) is 0 Å². The van der Waals surface area contributed by atoms with Crippen molar-refractivity contribution in [3.05, 3.63) is 47.2 Å². The quantitative estimate of drug-likeness (QED) is 0.288. The molecule has 2 aliphatic heterocycles. The van der Waals surface area contributed by atoms with Gasteiger partial charge in [-0.2, -0.15) is 0 Å². The molecule has 2 amide bonds. The van der Waals surface area contributed by atoms with Gasteiger partial charge in [0.1, 0.15) is 5.41 Å². The van der Waals surface area contributed by atoms with Crippen LogP contribution in [0, 0.1) is 16.7 Å². The van der Waals surface area contributed by atoms with Crippen molar-refractivity contribution in [1.82, 2.24) is 10.2 Å². The van der Waals surface area contributed by atoms with E-state index in [1.807, 2.05) is 25.1 Å². The zero-order valence-electron chi connectivity index (χ0n) is 26.8. The van der Waals surface area contributed by atoms with Gasteiger partial charge in [-0.15, -0.1) is 0 Å². The molecule has 0 saturated carbocycles. The normalized spacial score (nSPS) is 25.7. The number of rotatable bonds is 10. The monoisotopic (exact) mass is 596 g/mol. The summed E-state index contributed by atoms with van der Waals surface area (Å²) in [4.78, 5) is 42.9. The van der Waals surface area contributed by atoms with Gasteiger partial charge in [-0.1, -0.05) is 38.5 Å². The number of nitrogens with zero attached hydrogens (tertiary/aromatic N) is 1. The van der Waals surface area contributed by atoms with Crippen LogP contribution in [-0.2, 0) is 30.4 Å². The number of fused-ring (bicyclic) bond motifs is 1. The first-order chi connectivity index (χ1) is 20.4. The number of methoxy groups -OCH3 is 3. The van der Waals surface area contributed by atoms with Crippen LogP contribution < -0.4 is 14.8 Å². The summed E-state index contributed by atoms with van der Waals surface area (Å²) < 4.78 is 22.5. The number of likely N-dealkylation sites (tertiary alicyclic amines) is 1. The molecule has 1 aromatic carbocycles. The molecule has 1 aliphatic carbocycles. The van der Waals surface area contributed by atoms with E-state index in [-0.39, 0.29) is 42.7 Å². The second-order valence-corrected chi connectivity index (χ2v) is 13.0. The highest BCUT2D eigenvalue weighted by Gasteiger charge is 2.60. The Labute approximate surface area is 256 Å². The highest BCUT2D eigenvalue weighted by Crippen LogP contribution is 2.52. The SMILES string of the molecule is COC(=O)[C@]12C[C@H](CC(=O)NCc3ccc(OC)c(OC)c3)C(=O)N(CCC3=CCCCC3)C1=C[C@H](C(C)(C)C)O[C@@H]2C. The molecule has 4 rings (SSSR count). The number of hydrogen-bond donors (Lipinski definition) is 1. The van der Waals surface area contributed by atoms with Gasteiger partial charge in [0.05, 0.1) is 33.5 Å². The Kier molecular flexibility index (Phi) is 10.3. The van der Waals surface area contributed by atoms with Gasteiger partial charge < -0.3 is 29.2 Å². The van der Waals surface area contributed by atoms with Crippen molar-refractivity contribution in [2.45, 2.75) is 91.4 Å². The zero-order chi connectivity index (χ0) is 31.4. The molecule has 4 atom stereocenters. The Morgan fingerprint density at radius 2 is 1.86 bits per heavy atom. The highest BCUT2D eigenvalue weighted by molar-refractivity contribution is 5.92. The molecule has 1 aromatic rings. The third kappa shape index (κ3) is 6.92. The molecular weight excluding hydrogens is 548 g/mol. The number of amides is 2. The van der Waals surface area contributed by atoms with Crippen molar-refractivity contribution in [3.8, 4) is 11.5 Å². The summed E-state index contributed by atoms with van der Waals surface area (Å²) in [5.41, 5.74) is 1.39. The number of benzene rings is 1. The third-order valence-electron chi connectivity index (χ3n) is 9.10. The molecule has 2 heterocycles. The zero-order valence-corrected chi connectivity index (χ0v) is 26.8. The van der Waals surface area contributed by atoms with Crippen molar-refractivity contribution < 1.29 is 33.3 Å². The summed E-state index contributed by atoms with van der Waals surface area (Å²) in [5, 5.41) is 2.94. The van der Waals surface area contributed by atoms with E-state index < -0.39 is 23.4 Å². The fraction of sp³-hybridized carbons (Fsp3) is 0.618. The maximum absolute atomic E-state index is 14.2. The molecule has 1 N–H and O–H groups in total. The highest BCUT2D eigenvalue weighted by atomic mass is 16.5. The molecule has 1 saturated heterocycles. The molecule has 0 unspecified atom stereocenters. The van der Waals surface area contributed by atoms with Gasteiger partial charge in [-0.3, -0.25) is 14.4 Å². The Balaban J connectivity index is 1.62. The fourth-order valence-electron chi connectivity index (χ4n) is 6.55. The molecule has 236 valence electrons. The Bertz CT molecular complexity index is 1260. The summed E-state index contributed by atoms with van der Waals surface area (Å²) in [6, 6.07) is 5.45. The smallest absolute Gasteiger partial charge is 0.320 e. The van der Waals surface area contributed by atoms with Crippen LogP contribution in [0.3, 0.4) is 0 Å². The van der Waals surface area contributed by atoms with E-state index in [9.17, 15) is 14.4 Å². The minimum Gasteiger partial charge on any atom is -0.493 e. The van der Waals surface area contributed by atoms with E-state index in [2.05, 4.69) is 32.2 Å². The number of nitrogens with one attached hydrogen (secondary N) is 1. The van der Waals surface area contributed by atoms with Crippen molar-refractivity contribution in [2.75, 3.05) is 27.9 Å². The molecule has 43 heavy (non-hydrogen) atoms. The molecule has 0 spiro atoms. The van der Waals surface area contributed by atoms with E-state index in [0.29, 0.717) is 23.7 Å². The van der Waals surface area contributed by atoms with Crippen molar-refractivity contribution in [1.29, 1.82) is 0 Å². The number of esters is 1. The number of hydrogen-bond acceptors (Lipinski definition) is 7. The number of allylic oxidation sites excluding steroid dienone is 1. The topological polar surface area (TPSA) is 103 Å². The maximum Gasteiger partial charge on any atom is 0.320 e. The summed E-state index contributed by atoms with van der Waals surface area (Å²) in [5.74, 6) is -0.385. The standard InChI is InChI=1S/C34H48N2O7/c1-22-34(32(39)42-7)20-25(18-30(37)35-21-24-13-14-26(40-5)27(17-24)41-6)31(38)36(16-15-23-11-9-8-10-12-23)28(34)19-29(43-22)33(2,3)4/h11,13-14,17,19,22,25,29H,8-10,12,15-16,18,20-21H2,1-7H3,(H,35,37)/t22-,25+,29-,34+/m1/s1. The van der Waals surface area contributed by atoms with Crippen LogP contribution in [0.4, 0.5) is 0 Å². The van der Waals surface area contributed by atoms with Gasteiger partial charge >= 0.3 is 5.97 Å². The number of piperidine rings is 1. The first kappa shape index (κ1) is 32.6. The van der Waals surface area contributed by atoms with Gasteiger partial charge in [0.25, 0.3) is 0 Å². The molecule has 9 nitrogen and oxygen atoms in total. The largest absolute Gasteiger partial charge is 0.493 e. The summed E-state index contributed by atoms with van der Waals surface area (Å²) in [6.07, 6.45) is 8.63. The molecule has 0 radical (unpaired) electrons. The van der Waals surface area contributed by atoms with Crippen LogP contribution >= 0.6 is 0 Å². The Morgan fingerprint density at radius 1 is 1.12 bits per heavy atom. The molecule has 3 aliphatic rings. The second-order valence-electron chi connectivity index (χ2n) is 13.0. The van der Waals surface area contributed by atoms with E-state index in [0.717, 1.165) is 31.2 Å². The van der Waals surface area contributed by atoms with Crippen LogP contribution in [-0.4, -0.2) is 62.8 Å². The average molecular weight is 597 g/mol. The molecule has 1 fully saturated rings.